The van der Waals surface area contributed by atoms with Crippen molar-refractivity contribution in [3.63, 3.8) is 0 Å². The normalized spacial score (nSPS) is 13.5. The van der Waals surface area contributed by atoms with Gasteiger partial charge in [-0.3, -0.25) is 0 Å². The van der Waals surface area contributed by atoms with Crippen molar-refractivity contribution in [1.29, 1.82) is 0 Å². The van der Waals surface area contributed by atoms with Crippen LogP contribution in [-0.4, -0.2) is 30.8 Å². The first-order chi connectivity index (χ1) is 9.81. The number of hydrogen-bond donors (Lipinski definition) is 0. The molecule has 0 radical (unpaired) electrons. The van der Waals surface area contributed by atoms with Crippen molar-refractivity contribution < 1.29 is 14.3 Å². The number of methoxy groups -OCH3 is 1. The molecule has 2 rings (SSSR count). The molecule has 1 aromatic carbocycles. The van der Waals surface area contributed by atoms with E-state index in [2.05, 4.69) is 12.1 Å². The van der Waals surface area contributed by atoms with E-state index in [1.54, 1.807) is 19.1 Å². The molecule has 1 aliphatic carbocycles. The Hall–Kier alpha value is -1.97. The Morgan fingerprint density at radius 3 is 2.67 bits per heavy atom. The Morgan fingerprint density at radius 1 is 1.33 bits per heavy atom. The minimum absolute atomic E-state index is 0.307. The fourth-order valence-electron chi connectivity index (χ4n) is 2.41. The van der Waals surface area contributed by atoms with Crippen LogP contribution in [0.4, 0.5) is 4.79 Å². The Labute approximate surface area is 126 Å². The molecule has 4 nitrogen and oxygen atoms in total. The Balaban J connectivity index is 2.12. The standard InChI is InChI=1S/C17H23NO3/c1-17(2,3)21-16(19)18(4)11-12-7-6-8-14-13(12)9-10-15(14)20-5/h6-8,10H,9,11H2,1-5H3. The molecule has 0 saturated heterocycles. The fraction of sp³-hybridized carbons (Fsp3) is 0.471. The highest BCUT2D eigenvalue weighted by molar-refractivity contribution is 5.71. The fourth-order valence-corrected chi connectivity index (χ4v) is 2.41. The molecular formula is C17H23NO3. The van der Waals surface area contributed by atoms with E-state index in [4.69, 9.17) is 9.47 Å². The van der Waals surface area contributed by atoms with Crippen molar-refractivity contribution in [2.24, 2.45) is 0 Å². The lowest BCUT2D eigenvalue weighted by molar-refractivity contribution is 0.0285. The molecule has 0 aliphatic heterocycles. The van der Waals surface area contributed by atoms with Crippen LogP contribution in [0.25, 0.3) is 5.76 Å². The van der Waals surface area contributed by atoms with Gasteiger partial charge < -0.3 is 14.4 Å². The van der Waals surface area contributed by atoms with Crippen LogP contribution in [0.2, 0.25) is 0 Å². The highest BCUT2D eigenvalue weighted by atomic mass is 16.6. The monoisotopic (exact) mass is 289 g/mol. The number of carbonyl (C=O) groups excluding carboxylic acids is 1. The minimum atomic E-state index is -0.477. The molecule has 114 valence electrons. The van der Waals surface area contributed by atoms with Crippen LogP contribution in [0.3, 0.4) is 0 Å². The summed E-state index contributed by atoms with van der Waals surface area (Å²) in [7, 11) is 3.44. The lowest BCUT2D eigenvalue weighted by Gasteiger charge is -2.25. The average Bonchev–Trinajstić information content (AvgIpc) is 2.80. The summed E-state index contributed by atoms with van der Waals surface area (Å²) in [6, 6.07) is 6.09. The van der Waals surface area contributed by atoms with Gasteiger partial charge in [-0.25, -0.2) is 4.79 Å². The van der Waals surface area contributed by atoms with Crippen LogP contribution in [0.15, 0.2) is 24.3 Å². The molecule has 1 aliphatic rings. The van der Waals surface area contributed by atoms with E-state index in [1.165, 1.54) is 5.56 Å². The van der Waals surface area contributed by atoms with Gasteiger partial charge in [-0.15, -0.1) is 0 Å². The summed E-state index contributed by atoms with van der Waals surface area (Å²) < 4.78 is 10.7. The van der Waals surface area contributed by atoms with Crippen molar-refractivity contribution >= 4 is 11.9 Å². The highest BCUT2D eigenvalue weighted by Crippen LogP contribution is 2.30. The molecule has 0 heterocycles. The summed E-state index contributed by atoms with van der Waals surface area (Å²) in [5.41, 5.74) is 3.00. The maximum atomic E-state index is 12.0. The lowest BCUT2D eigenvalue weighted by atomic mass is 10.0. The number of hydrogen-bond acceptors (Lipinski definition) is 3. The van der Waals surface area contributed by atoms with Gasteiger partial charge in [0.1, 0.15) is 11.4 Å². The van der Waals surface area contributed by atoms with E-state index in [1.807, 2.05) is 32.9 Å². The zero-order valence-electron chi connectivity index (χ0n) is 13.4. The maximum Gasteiger partial charge on any atom is 0.410 e. The third kappa shape index (κ3) is 3.57. The second-order valence-corrected chi connectivity index (χ2v) is 6.26. The predicted octanol–water partition coefficient (Wildman–Crippen LogP) is 3.60. The van der Waals surface area contributed by atoms with Gasteiger partial charge in [0.15, 0.2) is 0 Å². The first-order valence-electron chi connectivity index (χ1n) is 7.11. The molecule has 0 saturated carbocycles. The van der Waals surface area contributed by atoms with Gasteiger partial charge in [0.25, 0.3) is 0 Å². The number of rotatable bonds is 3. The van der Waals surface area contributed by atoms with Gasteiger partial charge in [0.05, 0.1) is 7.11 Å². The number of carbonyl (C=O) groups is 1. The number of benzene rings is 1. The van der Waals surface area contributed by atoms with E-state index < -0.39 is 5.60 Å². The van der Waals surface area contributed by atoms with E-state index >= 15 is 0 Å². The molecule has 1 amide bonds. The average molecular weight is 289 g/mol. The van der Waals surface area contributed by atoms with E-state index in [0.29, 0.717) is 6.54 Å². The van der Waals surface area contributed by atoms with E-state index in [9.17, 15) is 4.79 Å². The van der Waals surface area contributed by atoms with Crippen LogP contribution < -0.4 is 0 Å². The quantitative estimate of drug-likeness (QED) is 0.853. The van der Waals surface area contributed by atoms with Crippen LogP contribution >= 0.6 is 0 Å². The summed E-state index contributed by atoms with van der Waals surface area (Å²) in [6.45, 7) is 6.14. The van der Waals surface area contributed by atoms with Gasteiger partial charge in [-0.2, -0.15) is 0 Å². The molecule has 4 heteroatoms. The first-order valence-corrected chi connectivity index (χ1v) is 7.11. The minimum Gasteiger partial charge on any atom is -0.496 e. The number of nitrogens with zero attached hydrogens (tertiary/aromatic N) is 1. The molecule has 0 unspecified atom stereocenters. The molecule has 1 aromatic rings. The van der Waals surface area contributed by atoms with E-state index in [-0.39, 0.29) is 6.09 Å². The Morgan fingerprint density at radius 2 is 2.05 bits per heavy atom. The molecule has 0 N–H and O–H groups in total. The molecule has 0 aromatic heterocycles. The van der Waals surface area contributed by atoms with Gasteiger partial charge >= 0.3 is 6.09 Å². The van der Waals surface area contributed by atoms with E-state index in [0.717, 1.165) is 23.3 Å². The van der Waals surface area contributed by atoms with Crippen LogP contribution in [0.5, 0.6) is 0 Å². The third-order valence-corrected chi connectivity index (χ3v) is 3.36. The van der Waals surface area contributed by atoms with Gasteiger partial charge in [0, 0.05) is 19.2 Å². The summed E-state index contributed by atoms with van der Waals surface area (Å²) in [5, 5.41) is 0. The zero-order valence-corrected chi connectivity index (χ0v) is 13.4. The Kier molecular flexibility index (Phi) is 4.26. The summed E-state index contributed by atoms with van der Waals surface area (Å²) in [4.78, 5) is 13.7. The van der Waals surface area contributed by atoms with Crippen LogP contribution in [-0.2, 0) is 22.4 Å². The van der Waals surface area contributed by atoms with Crippen molar-refractivity contribution in [1.82, 2.24) is 4.90 Å². The molecular weight excluding hydrogens is 266 g/mol. The second kappa shape index (κ2) is 5.80. The first kappa shape index (κ1) is 15.4. The third-order valence-electron chi connectivity index (χ3n) is 3.36. The molecule has 21 heavy (non-hydrogen) atoms. The molecule has 0 bridgehead atoms. The topological polar surface area (TPSA) is 38.8 Å². The maximum absolute atomic E-state index is 12.0. The van der Waals surface area contributed by atoms with Gasteiger partial charge in [-0.05, 0) is 44.4 Å². The largest absolute Gasteiger partial charge is 0.496 e. The van der Waals surface area contributed by atoms with Crippen molar-refractivity contribution in [2.75, 3.05) is 14.2 Å². The van der Waals surface area contributed by atoms with Gasteiger partial charge in [0.2, 0.25) is 0 Å². The summed E-state index contributed by atoms with van der Waals surface area (Å²) in [6.07, 6.45) is 2.61. The zero-order chi connectivity index (χ0) is 15.6. The number of allylic oxidation sites excluding steroid dienone is 1. The number of amides is 1. The van der Waals surface area contributed by atoms with Crippen LogP contribution in [0, 0.1) is 0 Å². The summed E-state index contributed by atoms with van der Waals surface area (Å²) >= 11 is 0. The molecule has 0 spiro atoms. The SMILES string of the molecule is COC1=CCc2c(CN(C)C(=O)OC(C)(C)C)cccc21. The van der Waals surface area contributed by atoms with Crippen molar-refractivity contribution in [3.8, 4) is 0 Å². The predicted molar refractivity (Wildman–Crippen MR) is 82.8 cm³/mol. The van der Waals surface area contributed by atoms with Crippen molar-refractivity contribution in [3.05, 3.63) is 41.0 Å². The second-order valence-electron chi connectivity index (χ2n) is 6.26. The molecule has 0 atom stereocenters. The highest BCUT2D eigenvalue weighted by Gasteiger charge is 2.22. The Bertz CT molecular complexity index is 570. The lowest BCUT2D eigenvalue weighted by Crippen LogP contribution is -2.34. The van der Waals surface area contributed by atoms with Crippen LogP contribution in [0.1, 0.15) is 37.5 Å². The van der Waals surface area contributed by atoms with Crippen molar-refractivity contribution in [2.45, 2.75) is 39.3 Å². The number of ether oxygens (including phenoxy) is 2. The number of fused-ring (bicyclic) bond motifs is 1. The smallest absolute Gasteiger partial charge is 0.410 e. The summed E-state index contributed by atoms with van der Waals surface area (Å²) in [5.74, 6) is 0.909. The van der Waals surface area contributed by atoms with Gasteiger partial charge in [-0.1, -0.05) is 18.2 Å². The molecule has 0 fully saturated rings.